The summed E-state index contributed by atoms with van der Waals surface area (Å²) in [6.45, 7) is 6.13. The number of aliphatic hydroxyl groups excluding tert-OH is 1. The predicted octanol–water partition coefficient (Wildman–Crippen LogP) is 4.69. The predicted molar refractivity (Wildman–Crippen MR) is 142 cm³/mol. The fraction of sp³-hybridized carbons (Fsp3) is 0.462. The van der Waals surface area contributed by atoms with E-state index in [-0.39, 0.29) is 18.5 Å². The van der Waals surface area contributed by atoms with Crippen LogP contribution in [0.2, 0.25) is 0 Å². The van der Waals surface area contributed by atoms with Crippen LogP contribution in [0, 0.1) is 13.8 Å². The topological polar surface area (TPSA) is 91.5 Å². The Kier molecular flexibility index (Phi) is 6.51. The lowest BCUT2D eigenvalue weighted by Crippen LogP contribution is -2.29. The highest BCUT2D eigenvalue weighted by Gasteiger charge is 2.23. The van der Waals surface area contributed by atoms with Crippen LogP contribution < -0.4 is 10.2 Å². The Balaban J connectivity index is 0.00000253. The van der Waals surface area contributed by atoms with Crippen molar-refractivity contribution >= 4 is 40.7 Å². The van der Waals surface area contributed by atoms with Crippen molar-refractivity contribution in [1.82, 2.24) is 24.6 Å². The number of hydrogen-bond donors (Lipinski definition) is 2. The zero-order valence-corrected chi connectivity index (χ0v) is 21.1. The second-order valence-electron chi connectivity index (χ2n) is 9.79. The number of nitrogens with zero attached hydrogens (tertiary/aromatic N) is 6. The van der Waals surface area contributed by atoms with Gasteiger partial charge in [-0.1, -0.05) is 6.07 Å². The van der Waals surface area contributed by atoms with E-state index in [1.54, 1.807) is 0 Å². The quantitative estimate of drug-likeness (QED) is 0.426. The lowest BCUT2D eigenvalue weighted by Gasteiger charge is -2.27. The molecule has 0 bridgehead atoms. The van der Waals surface area contributed by atoms with Crippen molar-refractivity contribution in [2.75, 3.05) is 23.3 Å². The van der Waals surface area contributed by atoms with Gasteiger partial charge in [-0.25, -0.2) is 15.0 Å². The summed E-state index contributed by atoms with van der Waals surface area (Å²) in [7, 11) is 0. The number of nitrogens with one attached hydrogen (secondary N) is 1. The van der Waals surface area contributed by atoms with Crippen LogP contribution in [-0.2, 0) is 0 Å². The molecule has 6 rings (SSSR count). The van der Waals surface area contributed by atoms with Gasteiger partial charge in [0.2, 0.25) is 0 Å². The molecule has 1 aromatic carbocycles. The first-order valence-corrected chi connectivity index (χ1v) is 12.4. The third-order valence-corrected chi connectivity index (χ3v) is 7.13. The molecule has 0 spiro atoms. The average molecular weight is 494 g/mol. The van der Waals surface area contributed by atoms with E-state index >= 15 is 0 Å². The van der Waals surface area contributed by atoms with Crippen LogP contribution in [0.3, 0.4) is 0 Å². The molecule has 1 saturated carbocycles. The smallest absolute Gasteiger partial charge is 0.160 e. The van der Waals surface area contributed by atoms with Gasteiger partial charge in [-0.15, -0.1) is 12.4 Å². The summed E-state index contributed by atoms with van der Waals surface area (Å²) < 4.78 is 1.90. The van der Waals surface area contributed by atoms with E-state index < -0.39 is 0 Å². The van der Waals surface area contributed by atoms with Gasteiger partial charge in [0.15, 0.2) is 5.65 Å². The van der Waals surface area contributed by atoms with Crippen LogP contribution in [-0.4, -0.2) is 54.9 Å². The molecular formula is C26H32ClN7O. The molecule has 2 fully saturated rings. The molecule has 2 N–H and O–H groups in total. The second kappa shape index (κ2) is 9.59. The van der Waals surface area contributed by atoms with Crippen LogP contribution in [0.5, 0.6) is 0 Å². The molecule has 3 aromatic heterocycles. The average Bonchev–Trinajstić information content (AvgIpc) is 3.50. The first-order valence-electron chi connectivity index (χ1n) is 12.4. The summed E-state index contributed by atoms with van der Waals surface area (Å²) in [5.74, 6) is 1.94. The summed E-state index contributed by atoms with van der Waals surface area (Å²) in [6.07, 6.45) is 5.79. The van der Waals surface area contributed by atoms with E-state index in [9.17, 15) is 5.11 Å². The maximum absolute atomic E-state index is 9.93. The summed E-state index contributed by atoms with van der Waals surface area (Å²) in [5.41, 5.74) is 6.17. The third kappa shape index (κ3) is 4.65. The normalized spacial score (nSPS) is 20.4. The molecule has 35 heavy (non-hydrogen) atoms. The van der Waals surface area contributed by atoms with Gasteiger partial charge in [-0.3, -0.25) is 0 Å². The fourth-order valence-corrected chi connectivity index (χ4v) is 5.21. The van der Waals surface area contributed by atoms with Gasteiger partial charge in [0.05, 0.1) is 22.8 Å². The van der Waals surface area contributed by atoms with Gasteiger partial charge in [0.1, 0.15) is 23.0 Å². The maximum atomic E-state index is 9.93. The molecule has 2 aliphatic rings. The van der Waals surface area contributed by atoms with Gasteiger partial charge in [0, 0.05) is 31.3 Å². The molecule has 0 unspecified atom stereocenters. The van der Waals surface area contributed by atoms with E-state index in [1.165, 1.54) is 12.8 Å². The standard InChI is InChI=1S/C26H31N7O.ClH/c1-16-5-10-20-21(13-16)29-26(17(2)27-20)22-14-24-30-23(32-11-3-4-12-32)15-25(33(24)31-22)28-18-6-8-19(34)9-7-18;/h5,10,13-15,18-19,28,34H,3-4,6-9,11-12H2,1-2H3;1H. The van der Waals surface area contributed by atoms with E-state index in [2.05, 4.69) is 35.3 Å². The van der Waals surface area contributed by atoms with Crippen molar-refractivity contribution in [1.29, 1.82) is 0 Å². The van der Waals surface area contributed by atoms with Crippen molar-refractivity contribution in [2.45, 2.75) is 64.5 Å². The van der Waals surface area contributed by atoms with Gasteiger partial charge >= 0.3 is 0 Å². The first kappa shape index (κ1) is 23.8. The Morgan fingerprint density at radius 3 is 2.46 bits per heavy atom. The molecule has 184 valence electrons. The molecular weight excluding hydrogens is 462 g/mol. The highest BCUT2D eigenvalue weighted by molar-refractivity contribution is 5.85. The largest absolute Gasteiger partial charge is 0.393 e. The minimum atomic E-state index is -0.176. The SMILES string of the molecule is Cc1ccc2nc(C)c(-c3cc4nc(N5CCCC5)cc(NC5CCC(O)CC5)n4n3)nc2c1.Cl. The lowest BCUT2D eigenvalue weighted by atomic mass is 9.93. The number of benzene rings is 1. The molecule has 0 amide bonds. The number of fused-ring (bicyclic) bond motifs is 2. The Hall–Kier alpha value is -2.97. The Morgan fingerprint density at radius 1 is 0.914 bits per heavy atom. The molecule has 4 aromatic rings. The monoisotopic (exact) mass is 493 g/mol. The summed E-state index contributed by atoms with van der Waals surface area (Å²) in [6, 6.07) is 10.6. The fourth-order valence-electron chi connectivity index (χ4n) is 5.21. The van der Waals surface area contributed by atoms with Crippen molar-refractivity contribution in [3.63, 3.8) is 0 Å². The van der Waals surface area contributed by atoms with Crippen LogP contribution in [0.4, 0.5) is 11.6 Å². The van der Waals surface area contributed by atoms with Crippen LogP contribution in [0.25, 0.3) is 28.1 Å². The minimum Gasteiger partial charge on any atom is -0.393 e. The molecule has 1 saturated heterocycles. The first-order chi connectivity index (χ1) is 16.5. The van der Waals surface area contributed by atoms with E-state index in [1.807, 2.05) is 23.6 Å². The molecule has 4 heterocycles. The number of aromatic nitrogens is 5. The van der Waals surface area contributed by atoms with Gasteiger partial charge < -0.3 is 15.3 Å². The van der Waals surface area contributed by atoms with Crippen LogP contribution >= 0.6 is 12.4 Å². The Bertz CT molecular complexity index is 1360. The summed E-state index contributed by atoms with van der Waals surface area (Å²) in [5, 5.41) is 18.6. The minimum absolute atomic E-state index is 0. The van der Waals surface area contributed by atoms with Gasteiger partial charge in [-0.05, 0) is 70.1 Å². The Labute approximate surface area is 211 Å². The number of aryl methyl sites for hydroxylation is 2. The van der Waals surface area contributed by atoms with Crippen molar-refractivity contribution in [2.24, 2.45) is 0 Å². The number of hydrogen-bond acceptors (Lipinski definition) is 7. The number of halogens is 1. The summed E-state index contributed by atoms with van der Waals surface area (Å²) in [4.78, 5) is 17.0. The highest BCUT2D eigenvalue weighted by Crippen LogP contribution is 2.29. The molecule has 1 aliphatic carbocycles. The van der Waals surface area contributed by atoms with E-state index in [0.717, 1.165) is 89.7 Å². The van der Waals surface area contributed by atoms with Gasteiger partial charge in [0.25, 0.3) is 0 Å². The second-order valence-corrected chi connectivity index (χ2v) is 9.79. The van der Waals surface area contributed by atoms with Crippen molar-refractivity contribution in [3.8, 4) is 11.4 Å². The zero-order chi connectivity index (χ0) is 23.2. The number of aliphatic hydroxyl groups is 1. The van der Waals surface area contributed by atoms with Crippen LogP contribution in [0.1, 0.15) is 49.8 Å². The van der Waals surface area contributed by atoms with Crippen LogP contribution in [0.15, 0.2) is 30.3 Å². The molecule has 0 radical (unpaired) electrons. The Morgan fingerprint density at radius 2 is 1.69 bits per heavy atom. The molecule has 1 aliphatic heterocycles. The maximum Gasteiger partial charge on any atom is 0.160 e. The molecule has 8 nitrogen and oxygen atoms in total. The molecule has 0 atom stereocenters. The number of rotatable bonds is 4. The number of anilines is 2. The van der Waals surface area contributed by atoms with E-state index in [4.69, 9.17) is 20.1 Å². The third-order valence-electron chi connectivity index (χ3n) is 7.13. The summed E-state index contributed by atoms with van der Waals surface area (Å²) >= 11 is 0. The van der Waals surface area contributed by atoms with Gasteiger partial charge in [-0.2, -0.15) is 9.61 Å². The zero-order valence-electron chi connectivity index (χ0n) is 20.2. The highest BCUT2D eigenvalue weighted by atomic mass is 35.5. The van der Waals surface area contributed by atoms with E-state index in [0.29, 0.717) is 6.04 Å². The van der Waals surface area contributed by atoms with Crippen molar-refractivity contribution in [3.05, 3.63) is 41.6 Å². The van der Waals surface area contributed by atoms with Crippen molar-refractivity contribution < 1.29 is 5.11 Å². The molecule has 9 heteroatoms. The lowest BCUT2D eigenvalue weighted by molar-refractivity contribution is 0.126.